The van der Waals surface area contributed by atoms with E-state index in [-0.39, 0.29) is 16.2 Å². The molecule has 3 aromatic carbocycles. The summed E-state index contributed by atoms with van der Waals surface area (Å²) in [4.78, 5) is 2.25. The molecule has 0 aliphatic heterocycles. The molecule has 0 heterocycles. The molecule has 0 unspecified atom stereocenters. The van der Waals surface area contributed by atoms with Crippen molar-refractivity contribution in [1.29, 1.82) is 0 Å². The van der Waals surface area contributed by atoms with Crippen LogP contribution in [0.5, 0.6) is 0 Å². The second kappa shape index (κ2) is 9.25. The molecule has 182 valence electrons. The fraction of sp³-hybridized carbons (Fsp3) is 0.419. The van der Waals surface area contributed by atoms with Crippen molar-refractivity contribution in [3.8, 4) is 0 Å². The first-order valence-corrected chi connectivity index (χ1v) is 12.8. The van der Waals surface area contributed by atoms with Crippen molar-refractivity contribution >= 4 is 40.3 Å². The molecule has 0 saturated carbocycles. The van der Waals surface area contributed by atoms with Crippen molar-refractivity contribution in [1.82, 2.24) is 0 Å². The minimum Gasteiger partial charge on any atom is -0.309 e. The molecule has 0 spiro atoms. The first-order valence-electron chi connectivity index (χ1n) is 12.0. The van der Waals surface area contributed by atoms with Crippen LogP contribution in [-0.2, 0) is 16.2 Å². The summed E-state index contributed by atoms with van der Waals surface area (Å²) < 4.78 is 0. The Morgan fingerprint density at radius 1 is 0.559 bits per heavy atom. The Hall–Kier alpha value is -1.96. The summed E-state index contributed by atoms with van der Waals surface area (Å²) in [5, 5.41) is 1.13. The Balaban J connectivity index is 2.35. The van der Waals surface area contributed by atoms with Gasteiger partial charge in [0.2, 0.25) is 0 Å². The molecule has 0 aliphatic rings. The Kier molecular flexibility index (Phi) is 7.25. The zero-order valence-electron chi connectivity index (χ0n) is 22.4. The van der Waals surface area contributed by atoms with Crippen molar-refractivity contribution in [2.75, 3.05) is 4.90 Å². The number of aryl methyl sites for hydroxylation is 1. The number of nitrogens with zero attached hydrogens (tertiary/aromatic N) is 1. The average molecular weight is 497 g/mol. The lowest BCUT2D eigenvalue weighted by Gasteiger charge is -2.32. The highest BCUT2D eigenvalue weighted by atomic mass is 35.5. The van der Waals surface area contributed by atoms with E-state index in [4.69, 9.17) is 23.2 Å². The van der Waals surface area contributed by atoms with Crippen LogP contribution in [0, 0.1) is 6.92 Å². The van der Waals surface area contributed by atoms with Gasteiger partial charge in [-0.25, -0.2) is 0 Å². The Labute approximate surface area is 217 Å². The summed E-state index contributed by atoms with van der Waals surface area (Å²) in [5.74, 6) is 0. The van der Waals surface area contributed by atoms with Crippen LogP contribution < -0.4 is 4.90 Å². The number of halogens is 2. The van der Waals surface area contributed by atoms with Gasteiger partial charge in [0.25, 0.3) is 0 Å². The van der Waals surface area contributed by atoms with Crippen molar-refractivity contribution in [3.63, 3.8) is 0 Å². The first-order chi connectivity index (χ1) is 15.5. The van der Waals surface area contributed by atoms with E-state index in [0.29, 0.717) is 10.0 Å². The first kappa shape index (κ1) is 26.6. The zero-order chi connectivity index (χ0) is 25.6. The van der Waals surface area contributed by atoms with E-state index in [2.05, 4.69) is 123 Å². The standard InChI is InChI=1S/C31H39Cl2N/c1-20-15-26(32)28(33)27(16-20)34(24-13-11-21(12-14-24)29(2,3)4)25-18-22(30(5,6)7)17-23(19-25)31(8,9)10/h11-19H,1-10H3. The lowest BCUT2D eigenvalue weighted by Crippen LogP contribution is -2.19. The lowest BCUT2D eigenvalue weighted by molar-refractivity contribution is 0.568. The summed E-state index contributed by atoms with van der Waals surface area (Å²) in [5.41, 5.74) is 8.08. The van der Waals surface area contributed by atoms with Gasteiger partial charge in [-0.15, -0.1) is 0 Å². The molecule has 3 heteroatoms. The number of hydrogen-bond donors (Lipinski definition) is 0. The van der Waals surface area contributed by atoms with E-state index in [1.807, 2.05) is 6.07 Å². The van der Waals surface area contributed by atoms with E-state index < -0.39 is 0 Å². The van der Waals surface area contributed by atoms with Gasteiger partial charge < -0.3 is 4.90 Å². The molecule has 0 fully saturated rings. The Morgan fingerprint density at radius 2 is 1.03 bits per heavy atom. The second-order valence-corrected chi connectivity index (χ2v) is 13.3. The van der Waals surface area contributed by atoms with Crippen LogP contribution in [-0.4, -0.2) is 0 Å². The van der Waals surface area contributed by atoms with Crippen molar-refractivity contribution < 1.29 is 0 Å². The summed E-state index contributed by atoms with van der Waals surface area (Å²) in [6, 6.07) is 19.8. The predicted octanol–water partition coefficient (Wildman–Crippen LogP) is 10.7. The molecule has 0 amide bonds. The van der Waals surface area contributed by atoms with Gasteiger partial charge >= 0.3 is 0 Å². The van der Waals surface area contributed by atoms with Crippen LogP contribution in [0.1, 0.15) is 84.6 Å². The van der Waals surface area contributed by atoms with E-state index in [1.54, 1.807) is 0 Å². The van der Waals surface area contributed by atoms with Gasteiger partial charge in [-0.2, -0.15) is 0 Å². The minimum absolute atomic E-state index is 0.00577. The van der Waals surface area contributed by atoms with Gasteiger partial charge in [-0.05, 0) is 81.8 Å². The third kappa shape index (κ3) is 5.81. The molecule has 0 radical (unpaired) electrons. The average Bonchev–Trinajstić information content (AvgIpc) is 2.70. The van der Waals surface area contributed by atoms with Crippen LogP contribution in [0.25, 0.3) is 0 Å². The molecule has 0 atom stereocenters. The molecule has 0 aliphatic carbocycles. The molecular formula is C31H39Cl2N. The quantitative estimate of drug-likeness (QED) is 0.349. The van der Waals surface area contributed by atoms with Crippen molar-refractivity contribution in [3.05, 3.63) is 86.9 Å². The lowest BCUT2D eigenvalue weighted by atomic mass is 9.80. The normalized spacial score (nSPS) is 12.7. The summed E-state index contributed by atoms with van der Waals surface area (Å²) >= 11 is 13.4. The number of benzene rings is 3. The second-order valence-electron chi connectivity index (χ2n) is 12.5. The monoisotopic (exact) mass is 495 g/mol. The molecular weight excluding hydrogens is 457 g/mol. The minimum atomic E-state index is 0.00577. The fourth-order valence-corrected chi connectivity index (χ4v) is 4.48. The molecule has 0 saturated heterocycles. The molecule has 0 aromatic heterocycles. The Bertz CT molecular complexity index is 1140. The molecule has 1 nitrogen and oxygen atoms in total. The van der Waals surface area contributed by atoms with Crippen LogP contribution in [0.3, 0.4) is 0 Å². The number of anilines is 3. The van der Waals surface area contributed by atoms with Gasteiger partial charge in [0.1, 0.15) is 0 Å². The van der Waals surface area contributed by atoms with E-state index in [1.165, 1.54) is 16.7 Å². The maximum Gasteiger partial charge on any atom is 0.0832 e. The molecule has 3 rings (SSSR count). The largest absolute Gasteiger partial charge is 0.309 e. The SMILES string of the molecule is Cc1cc(Cl)c(Cl)c(N(c2ccc(C(C)(C)C)cc2)c2cc(C(C)(C)C)cc(C(C)(C)C)c2)c1. The van der Waals surface area contributed by atoms with E-state index in [0.717, 1.165) is 22.6 Å². The highest BCUT2D eigenvalue weighted by Crippen LogP contribution is 2.44. The molecule has 0 N–H and O–H groups in total. The zero-order valence-corrected chi connectivity index (χ0v) is 23.9. The summed E-state index contributed by atoms with van der Waals surface area (Å²) in [7, 11) is 0. The third-order valence-electron chi connectivity index (χ3n) is 6.29. The summed E-state index contributed by atoms with van der Waals surface area (Å²) in [6.45, 7) is 22.3. The van der Waals surface area contributed by atoms with Crippen molar-refractivity contribution in [2.45, 2.75) is 85.5 Å². The van der Waals surface area contributed by atoms with Gasteiger partial charge in [0.15, 0.2) is 0 Å². The smallest absolute Gasteiger partial charge is 0.0832 e. The van der Waals surface area contributed by atoms with Gasteiger partial charge in [-0.1, -0.05) is 104 Å². The third-order valence-corrected chi connectivity index (χ3v) is 7.09. The van der Waals surface area contributed by atoms with Gasteiger partial charge in [0.05, 0.1) is 15.7 Å². The predicted molar refractivity (Wildman–Crippen MR) is 152 cm³/mol. The molecule has 0 bridgehead atoms. The fourth-order valence-electron chi connectivity index (χ4n) is 4.01. The van der Waals surface area contributed by atoms with E-state index >= 15 is 0 Å². The number of rotatable bonds is 3. The highest BCUT2D eigenvalue weighted by molar-refractivity contribution is 6.44. The van der Waals surface area contributed by atoms with Crippen LogP contribution in [0.4, 0.5) is 17.1 Å². The Morgan fingerprint density at radius 3 is 1.47 bits per heavy atom. The number of hydrogen-bond acceptors (Lipinski definition) is 1. The van der Waals surface area contributed by atoms with Crippen molar-refractivity contribution in [2.24, 2.45) is 0 Å². The highest BCUT2D eigenvalue weighted by Gasteiger charge is 2.25. The van der Waals surface area contributed by atoms with Gasteiger partial charge in [0, 0.05) is 11.4 Å². The van der Waals surface area contributed by atoms with E-state index in [9.17, 15) is 0 Å². The van der Waals surface area contributed by atoms with Crippen LogP contribution >= 0.6 is 23.2 Å². The topological polar surface area (TPSA) is 3.24 Å². The molecule has 34 heavy (non-hydrogen) atoms. The van der Waals surface area contributed by atoms with Crippen LogP contribution in [0.15, 0.2) is 54.6 Å². The van der Waals surface area contributed by atoms with Gasteiger partial charge in [-0.3, -0.25) is 0 Å². The van der Waals surface area contributed by atoms with Crippen LogP contribution in [0.2, 0.25) is 10.0 Å². The maximum absolute atomic E-state index is 6.85. The summed E-state index contributed by atoms with van der Waals surface area (Å²) in [6.07, 6.45) is 0. The maximum atomic E-state index is 6.85. The molecule has 3 aromatic rings.